The molecule has 0 amide bonds. The van der Waals surface area contributed by atoms with Crippen molar-refractivity contribution in [2.75, 3.05) is 6.61 Å². The monoisotopic (exact) mass is 217 g/mol. The van der Waals surface area contributed by atoms with Gasteiger partial charge in [0.15, 0.2) is 0 Å². The SMILES string of the molecule is CCO/C=C(\c1cccnc1)C(F)(F)F. The standard InChI is InChI=1S/C10H10F3NO/c1-2-15-7-9(10(11,12)13)8-4-3-5-14-6-8/h3-7H,2H2,1H3/b9-7+. The highest BCUT2D eigenvalue weighted by Gasteiger charge is 2.35. The van der Waals surface area contributed by atoms with Crippen LogP contribution in [0.5, 0.6) is 0 Å². The lowest BCUT2D eigenvalue weighted by atomic mass is 10.1. The molecule has 1 heterocycles. The number of ether oxygens (including phenoxy) is 1. The third kappa shape index (κ3) is 3.27. The largest absolute Gasteiger partial charge is 0.501 e. The molecular weight excluding hydrogens is 207 g/mol. The van der Waals surface area contributed by atoms with E-state index < -0.39 is 11.7 Å². The van der Waals surface area contributed by atoms with Crippen LogP contribution < -0.4 is 0 Å². The summed E-state index contributed by atoms with van der Waals surface area (Å²) in [5, 5.41) is 0. The van der Waals surface area contributed by atoms with Crippen molar-refractivity contribution in [2.24, 2.45) is 0 Å². The number of allylic oxidation sites excluding steroid dienone is 1. The number of pyridine rings is 1. The van der Waals surface area contributed by atoms with Gasteiger partial charge in [0.05, 0.1) is 18.4 Å². The second kappa shape index (κ2) is 4.82. The summed E-state index contributed by atoms with van der Waals surface area (Å²) in [5.41, 5.74) is -0.823. The second-order valence-corrected chi connectivity index (χ2v) is 2.73. The average Bonchev–Trinajstić information content (AvgIpc) is 2.18. The molecule has 0 spiro atoms. The number of rotatable bonds is 3. The number of nitrogens with zero attached hydrogens (tertiary/aromatic N) is 1. The fourth-order valence-corrected chi connectivity index (χ4v) is 0.987. The quantitative estimate of drug-likeness (QED) is 0.726. The zero-order chi connectivity index (χ0) is 11.3. The summed E-state index contributed by atoms with van der Waals surface area (Å²) >= 11 is 0. The Bertz CT molecular complexity index is 332. The summed E-state index contributed by atoms with van der Waals surface area (Å²) in [4.78, 5) is 3.63. The molecule has 0 aliphatic heterocycles. The molecule has 0 aliphatic rings. The molecule has 0 atom stereocenters. The van der Waals surface area contributed by atoms with Gasteiger partial charge in [0.2, 0.25) is 0 Å². The van der Waals surface area contributed by atoms with E-state index in [0.29, 0.717) is 0 Å². The molecule has 5 heteroatoms. The molecule has 1 rings (SSSR count). The molecular formula is C10H10F3NO. The number of alkyl halides is 3. The number of aromatic nitrogens is 1. The van der Waals surface area contributed by atoms with Crippen LogP contribution in [0.25, 0.3) is 5.57 Å². The smallest absolute Gasteiger partial charge is 0.419 e. The summed E-state index contributed by atoms with van der Waals surface area (Å²) in [6.07, 6.45) is -1.15. The minimum Gasteiger partial charge on any atom is -0.501 e. The Labute approximate surface area is 85.4 Å². The van der Waals surface area contributed by atoms with Gasteiger partial charge in [-0.15, -0.1) is 0 Å². The van der Waals surface area contributed by atoms with Gasteiger partial charge in [-0.1, -0.05) is 6.07 Å². The van der Waals surface area contributed by atoms with E-state index in [1.165, 1.54) is 18.3 Å². The van der Waals surface area contributed by atoms with Gasteiger partial charge in [-0.05, 0) is 13.0 Å². The van der Waals surface area contributed by atoms with Crippen molar-refractivity contribution in [1.29, 1.82) is 0 Å². The van der Waals surface area contributed by atoms with Gasteiger partial charge in [-0.2, -0.15) is 13.2 Å². The Morgan fingerprint density at radius 1 is 1.53 bits per heavy atom. The first-order valence-electron chi connectivity index (χ1n) is 4.35. The predicted octanol–water partition coefficient (Wildman–Crippen LogP) is 3.02. The Balaban J connectivity index is 3.03. The average molecular weight is 217 g/mol. The van der Waals surface area contributed by atoms with Gasteiger partial charge in [0, 0.05) is 18.0 Å². The van der Waals surface area contributed by atoms with Gasteiger partial charge >= 0.3 is 6.18 Å². The predicted molar refractivity (Wildman–Crippen MR) is 49.9 cm³/mol. The first-order valence-corrected chi connectivity index (χ1v) is 4.35. The van der Waals surface area contributed by atoms with Crippen LogP contribution in [0.1, 0.15) is 12.5 Å². The summed E-state index contributed by atoms with van der Waals surface area (Å²) in [5.74, 6) is 0. The minimum absolute atomic E-state index is 0.00144. The molecule has 0 fully saturated rings. The zero-order valence-electron chi connectivity index (χ0n) is 8.08. The van der Waals surface area contributed by atoms with Crippen molar-refractivity contribution in [1.82, 2.24) is 4.98 Å². The first-order chi connectivity index (χ1) is 7.05. The van der Waals surface area contributed by atoms with Gasteiger partial charge in [-0.3, -0.25) is 4.98 Å². The molecule has 0 saturated carbocycles. The van der Waals surface area contributed by atoms with Crippen LogP contribution in [0.3, 0.4) is 0 Å². The van der Waals surface area contributed by atoms with Crippen molar-refractivity contribution in [3.8, 4) is 0 Å². The maximum Gasteiger partial charge on any atom is 0.419 e. The van der Waals surface area contributed by atoms with Crippen LogP contribution in [0.2, 0.25) is 0 Å². The first kappa shape index (κ1) is 11.6. The van der Waals surface area contributed by atoms with Crippen LogP contribution >= 0.6 is 0 Å². The van der Waals surface area contributed by atoms with Gasteiger partial charge in [0.1, 0.15) is 0 Å². The molecule has 0 saturated heterocycles. The van der Waals surface area contributed by atoms with Crippen LogP contribution in [-0.2, 0) is 4.74 Å². The number of halogens is 3. The van der Waals surface area contributed by atoms with Gasteiger partial charge in [-0.25, -0.2) is 0 Å². The summed E-state index contributed by atoms with van der Waals surface area (Å²) in [7, 11) is 0. The van der Waals surface area contributed by atoms with E-state index in [1.54, 1.807) is 6.92 Å². The highest BCUT2D eigenvalue weighted by Crippen LogP contribution is 2.33. The fraction of sp³-hybridized carbons (Fsp3) is 0.300. The molecule has 1 aromatic heterocycles. The van der Waals surface area contributed by atoms with Crippen molar-refractivity contribution < 1.29 is 17.9 Å². The molecule has 0 bridgehead atoms. The lowest BCUT2D eigenvalue weighted by Gasteiger charge is -2.11. The molecule has 1 aromatic rings. The van der Waals surface area contributed by atoms with Crippen LogP contribution in [0, 0.1) is 0 Å². The summed E-state index contributed by atoms with van der Waals surface area (Å²) in [6, 6.07) is 2.78. The maximum absolute atomic E-state index is 12.6. The third-order valence-electron chi connectivity index (χ3n) is 1.65. The van der Waals surface area contributed by atoms with Crippen molar-refractivity contribution in [3.63, 3.8) is 0 Å². The molecule has 0 aliphatic carbocycles. The summed E-state index contributed by atoms with van der Waals surface area (Å²) < 4.78 is 42.3. The van der Waals surface area contributed by atoms with E-state index in [-0.39, 0.29) is 12.2 Å². The van der Waals surface area contributed by atoms with Gasteiger partial charge in [0.25, 0.3) is 0 Å². The van der Waals surface area contributed by atoms with E-state index in [2.05, 4.69) is 9.72 Å². The molecule has 2 nitrogen and oxygen atoms in total. The number of hydrogen-bond donors (Lipinski definition) is 0. The highest BCUT2D eigenvalue weighted by atomic mass is 19.4. The third-order valence-corrected chi connectivity index (χ3v) is 1.65. The van der Waals surface area contributed by atoms with Crippen molar-refractivity contribution >= 4 is 5.57 Å². The molecule has 0 aromatic carbocycles. The molecule has 82 valence electrons. The lowest BCUT2D eigenvalue weighted by Crippen LogP contribution is -2.11. The highest BCUT2D eigenvalue weighted by molar-refractivity contribution is 5.67. The van der Waals surface area contributed by atoms with Crippen LogP contribution in [-0.4, -0.2) is 17.8 Å². The minimum atomic E-state index is -4.43. The van der Waals surface area contributed by atoms with E-state index in [1.807, 2.05) is 0 Å². The Morgan fingerprint density at radius 2 is 2.27 bits per heavy atom. The van der Waals surface area contributed by atoms with E-state index in [9.17, 15) is 13.2 Å². The van der Waals surface area contributed by atoms with E-state index in [0.717, 1.165) is 12.5 Å². The molecule has 0 N–H and O–H groups in total. The lowest BCUT2D eigenvalue weighted by molar-refractivity contribution is -0.0703. The Morgan fingerprint density at radius 3 is 2.73 bits per heavy atom. The Hall–Kier alpha value is -1.52. The van der Waals surface area contributed by atoms with Gasteiger partial charge < -0.3 is 4.74 Å². The molecule has 0 unspecified atom stereocenters. The summed E-state index contributed by atoms with van der Waals surface area (Å²) in [6.45, 7) is 1.81. The van der Waals surface area contributed by atoms with Crippen molar-refractivity contribution in [3.05, 3.63) is 36.4 Å². The van der Waals surface area contributed by atoms with E-state index in [4.69, 9.17) is 0 Å². The zero-order valence-corrected chi connectivity index (χ0v) is 8.08. The normalized spacial score (nSPS) is 12.7. The number of hydrogen-bond acceptors (Lipinski definition) is 2. The fourth-order valence-electron chi connectivity index (χ4n) is 0.987. The molecule has 15 heavy (non-hydrogen) atoms. The topological polar surface area (TPSA) is 22.1 Å². The molecule has 0 radical (unpaired) electrons. The Kier molecular flexibility index (Phi) is 3.71. The second-order valence-electron chi connectivity index (χ2n) is 2.73. The van der Waals surface area contributed by atoms with E-state index >= 15 is 0 Å². The van der Waals surface area contributed by atoms with Crippen LogP contribution in [0.4, 0.5) is 13.2 Å². The van der Waals surface area contributed by atoms with Crippen LogP contribution in [0.15, 0.2) is 30.8 Å². The van der Waals surface area contributed by atoms with Crippen molar-refractivity contribution in [2.45, 2.75) is 13.1 Å². The maximum atomic E-state index is 12.6.